The normalized spacial score (nSPS) is 45.4. The van der Waals surface area contributed by atoms with Crippen molar-refractivity contribution in [3.63, 3.8) is 0 Å². The van der Waals surface area contributed by atoms with Crippen molar-refractivity contribution in [2.24, 2.45) is 34.3 Å². The molecule has 0 aliphatic heterocycles. The summed E-state index contributed by atoms with van der Waals surface area (Å²) >= 11 is 0. The minimum Gasteiger partial charge on any atom is -0.330 e. The van der Waals surface area contributed by atoms with E-state index in [1.54, 1.807) is 0 Å². The van der Waals surface area contributed by atoms with Gasteiger partial charge in [-0.05, 0) is 60.8 Å². The van der Waals surface area contributed by atoms with Crippen molar-refractivity contribution in [3.8, 4) is 0 Å². The van der Waals surface area contributed by atoms with Gasteiger partial charge in [0.15, 0.2) is 0 Å². The molecule has 1 heteroatoms. The molecule has 4 atom stereocenters. The van der Waals surface area contributed by atoms with E-state index in [4.69, 9.17) is 5.73 Å². The molecule has 2 aliphatic rings. The SMILES string of the molecule is CC1CCC2C(C)(C)CCCC2(C)C1CCN. The molecular formula is C16H31N. The van der Waals surface area contributed by atoms with Crippen LogP contribution >= 0.6 is 0 Å². The summed E-state index contributed by atoms with van der Waals surface area (Å²) < 4.78 is 0. The van der Waals surface area contributed by atoms with Crippen molar-refractivity contribution in [1.29, 1.82) is 0 Å². The van der Waals surface area contributed by atoms with Gasteiger partial charge in [0.25, 0.3) is 0 Å². The van der Waals surface area contributed by atoms with Gasteiger partial charge >= 0.3 is 0 Å². The second-order valence-electron chi connectivity index (χ2n) is 7.64. The van der Waals surface area contributed by atoms with E-state index in [9.17, 15) is 0 Å². The molecule has 0 aromatic rings. The Morgan fingerprint density at radius 2 is 1.82 bits per heavy atom. The van der Waals surface area contributed by atoms with E-state index in [0.29, 0.717) is 10.8 Å². The molecule has 0 bridgehead atoms. The highest BCUT2D eigenvalue weighted by atomic mass is 14.6. The second-order valence-corrected chi connectivity index (χ2v) is 7.64. The Hall–Kier alpha value is -0.0400. The summed E-state index contributed by atoms with van der Waals surface area (Å²) in [5, 5.41) is 0. The van der Waals surface area contributed by atoms with Crippen LogP contribution in [-0.4, -0.2) is 6.54 Å². The van der Waals surface area contributed by atoms with E-state index in [1.807, 2.05) is 0 Å². The largest absolute Gasteiger partial charge is 0.330 e. The predicted octanol–water partition coefficient (Wildman–Crippen LogP) is 4.21. The zero-order valence-corrected chi connectivity index (χ0v) is 12.3. The molecule has 2 rings (SSSR count). The highest BCUT2D eigenvalue weighted by Gasteiger charge is 2.53. The van der Waals surface area contributed by atoms with Gasteiger partial charge < -0.3 is 5.73 Å². The third-order valence-electron chi connectivity index (χ3n) is 6.20. The summed E-state index contributed by atoms with van der Waals surface area (Å²) in [5.74, 6) is 2.68. The molecule has 0 spiro atoms. The van der Waals surface area contributed by atoms with Gasteiger partial charge in [-0.1, -0.05) is 40.5 Å². The van der Waals surface area contributed by atoms with E-state index >= 15 is 0 Å². The highest BCUT2D eigenvalue weighted by molar-refractivity contribution is 5.02. The van der Waals surface area contributed by atoms with E-state index in [1.165, 1.54) is 38.5 Å². The zero-order valence-electron chi connectivity index (χ0n) is 12.3. The average molecular weight is 237 g/mol. The van der Waals surface area contributed by atoms with Crippen LogP contribution in [0.5, 0.6) is 0 Å². The topological polar surface area (TPSA) is 26.0 Å². The first-order chi connectivity index (χ1) is 7.92. The van der Waals surface area contributed by atoms with E-state index in [-0.39, 0.29) is 0 Å². The molecule has 0 saturated heterocycles. The van der Waals surface area contributed by atoms with Crippen LogP contribution < -0.4 is 5.73 Å². The molecule has 0 amide bonds. The smallest absolute Gasteiger partial charge is 0.00743 e. The minimum absolute atomic E-state index is 0.556. The molecular weight excluding hydrogens is 206 g/mol. The molecule has 2 aliphatic carbocycles. The Kier molecular flexibility index (Phi) is 3.60. The molecule has 0 aromatic heterocycles. The molecule has 0 radical (unpaired) electrons. The van der Waals surface area contributed by atoms with Crippen LogP contribution in [0.4, 0.5) is 0 Å². The molecule has 17 heavy (non-hydrogen) atoms. The number of rotatable bonds is 2. The highest BCUT2D eigenvalue weighted by Crippen LogP contribution is 2.61. The summed E-state index contributed by atoms with van der Waals surface area (Å²) in [4.78, 5) is 0. The fourth-order valence-electron chi connectivity index (χ4n) is 5.40. The van der Waals surface area contributed by atoms with Crippen molar-refractivity contribution in [2.75, 3.05) is 6.54 Å². The lowest BCUT2D eigenvalue weighted by Crippen LogP contribution is -2.51. The summed E-state index contributed by atoms with van der Waals surface area (Å²) in [7, 11) is 0. The van der Waals surface area contributed by atoms with Crippen molar-refractivity contribution >= 4 is 0 Å². The first-order valence-electron chi connectivity index (χ1n) is 7.62. The first kappa shape index (κ1) is 13.4. The third-order valence-corrected chi connectivity index (χ3v) is 6.20. The summed E-state index contributed by atoms with van der Waals surface area (Å²) in [6.45, 7) is 10.9. The number of hydrogen-bond acceptors (Lipinski definition) is 1. The van der Waals surface area contributed by atoms with E-state index in [0.717, 1.165) is 24.3 Å². The maximum absolute atomic E-state index is 5.87. The van der Waals surface area contributed by atoms with Gasteiger partial charge in [-0.25, -0.2) is 0 Å². The van der Waals surface area contributed by atoms with E-state index in [2.05, 4.69) is 27.7 Å². The fourth-order valence-corrected chi connectivity index (χ4v) is 5.40. The van der Waals surface area contributed by atoms with Gasteiger partial charge in [-0.2, -0.15) is 0 Å². The predicted molar refractivity (Wildman–Crippen MR) is 74.8 cm³/mol. The van der Waals surface area contributed by atoms with Crippen molar-refractivity contribution in [3.05, 3.63) is 0 Å². The Morgan fingerprint density at radius 3 is 2.47 bits per heavy atom. The van der Waals surface area contributed by atoms with Crippen molar-refractivity contribution in [1.82, 2.24) is 0 Å². The van der Waals surface area contributed by atoms with Crippen LogP contribution in [-0.2, 0) is 0 Å². The fraction of sp³-hybridized carbons (Fsp3) is 1.00. The summed E-state index contributed by atoms with van der Waals surface area (Å²) in [6, 6.07) is 0. The third kappa shape index (κ3) is 2.16. The van der Waals surface area contributed by atoms with Gasteiger partial charge in [-0.3, -0.25) is 0 Å². The van der Waals surface area contributed by atoms with E-state index < -0.39 is 0 Å². The van der Waals surface area contributed by atoms with Gasteiger partial charge in [0.05, 0.1) is 0 Å². The first-order valence-corrected chi connectivity index (χ1v) is 7.62. The van der Waals surface area contributed by atoms with Crippen LogP contribution in [0.2, 0.25) is 0 Å². The second kappa shape index (κ2) is 4.57. The Labute approximate surface area is 108 Å². The van der Waals surface area contributed by atoms with Gasteiger partial charge in [0.1, 0.15) is 0 Å². The standard InChI is InChI=1S/C16H31N/c1-12-6-7-14-15(2,3)9-5-10-16(14,4)13(12)8-11-17/h12-14H,5-11,17H2,1-4H3. The monoisotopic (exact) mass is 237 g/mol. The average Bonchev–Trinajstić information content (AvgIpc) is 2.22. The lowest BCUT2D eigenvalue weighted by molar-refractivity contribution is -0.0950. The van der Waals surface area contributed by atoms with Crippen LogP contribution in [0.25, 0.3) is 0 Å². The molecule has 2 saturated carbocycles. The molecule has 4 unspecified atom stereocenters. The Bertz CT molecular complexity index is 271. The van der Waals surface area contributed by atoms with Gasteiger partial charge in [-0.15, -0.1) is 0 Å². The minimum atomic E-state index is 0.556. The quantitative estimate of drug-likeness (QED) is 0.765. The molecule has 2 fully saturated rings. The van der Waals surface area contributed by atoms with Crippen LogP contribution in [0.15, 0.2) is 0 Å². The number of hydrogen-bond donors (Lipinski definition) is 1. The molecule has 1 nitrogen and oxygen atoms in total. The Balaban J connectivity index is 2.28. The molecule has 100 valence electrons. The lowest BCUT2D eigenvalue weighted by Gasteiger charge is -2.59. The lowest BCUT2D eigenvalue weighted by atomic mass is 9.46. The van der Waals surface area contributed by atoms with Gasteiger partial charge in [0, 0.05) is 0 Å². The summed E-state index contributed by atoms with van der Waals surface area (Å²) in [6.07, 6.45) is 8.41. The maximum Gasteiger partial charge on any atom is -0.00743 e. The number of nitrogens with two attached hydrogens (primary N) is 1. The maximum atomic E-state index is 5.87. The molecule has 0 aromatic carbocycles. The van der Waals surface area contributed by atoms with Crippen molar-refractivity contribution < 1.29 is 0 Å². The number of fused-ring (bicyclic) bond motifs is 1. The Morgan fingerprint density at radius 1 is 1.12 bits per heavy atom. The van der Waals surface area contributed by atoms with Crippen LogP contribution in [0.3, 0.4) is 0 Å². The van der Waals surface area contributed by atoms with Gasteiger partial charge in [0.2, 0.25) is 0 Å². The van der Waals surface area contributed by atoms with Crippen LogP contribution in [0, 0.1) is 28.6 Å². The summed E-state index contributed by atoms with van der Waals surface area (Å²) in [5.41, 5.74) is 6.99. The molecule has 2 N–H and O–H groups in total. The van der Waals surface area contributed by atoms with Crippen LogP contribution in [0.1, 0.15) is 66.2 Å². The molecule has 0 heterocycles. The zero-order chi connectivity index (χ0) is 12.7. The van der Waals surface area contributed by atoms with Crippen molar-refractivity contribution in [2.45, 2.75) is 66.2 Å².